The van der Waals surface area contributed by atoms with Gasteiger partial charge in [0.05, 0.1) is 10.9 Å². The first kappa shape index (κ1) is 22.2. The van der Waals surface area contributed by atoms with Crippen LogP contribution in [0.2, 0.25) is 0 Å². The maximum absolute atomic E-state index is 12.5. The molecule has 2 aromatic carbocycles. The van der Waals surface area contributed by atoms with E-state index < -0.39 is 18.0 Å². The molecule has 0 fully saturated rings. The van der Waals surface area contributed by atoms with E-state index in [1.54, 1.807) is 24.3 Å². The Bertz CT molecular complexity index is 1170. The van der Waals surface area contributed by atoms with Gasteiger partial charge in [-0.1, -0.05) is 29.5 Å². The van der Waals surface area contributed by atoms with Gasteiger partial charge in [0.2, 0.25) is 0 Å². The molecule has 0 spiro atoms. The molecule has 2 N–H and O–H groups in total. The third-order valence-electron chi connectivity index (χ3n) is 4.05. The van der Waals surface area contributed by atoms with E-state index in [1.807, 2.05) is 0 Å². The van der Waals surface area contributed by atoms with E-state index in [0.717, 1.165) is 6.07 Å². The number of carbonyl (C=O) groups excluding carboxylic acids is 1. The quantitative estimate of drug-likeness (QED) is 0.439. The van der Waals surface area contributed by atoms with Crippen LogP contribution in [0.1, 0.15) is 16.8 Å². The van der Waals surface area contributed by atoms with E-state index in [9.17, 15) is 22.8 Å². The lowest BCUT2D eigenvalue weighted by molar-refractivity contribution is -0.274. The fourth-order valence-corrected chi connectivity index (χ4v) is 2.88. The Labute approximate surface area is 179 Å². The van der Waals surface area contributed by atoms with Crippen LogP contribution in [0.4, 0.5) is 13.2 Å². The summed E-state index contributed by atoms with van der Waals surface area (Å²) in [4.78, 5) is 24.6. The Hall–Kier alpha value is -3.54. The van der Waals surface area contributed by atoms with Crippen LogP contribution in [0.15, 0.2) is 53.3 Å². The fourth-order valence-electron chi connectivity index (χ4n) is 2.68. The van der Waals surface area contributed by atoms with Gasteiger partial charge in [-0.25, -0.2) is 4.68 Å². The molecule has 31 heavy (non-hydrogen) atoms. The van der Waals surface area contributed by atoms with Gasteiger partial charge in [0.15, 0.2) is 5.11 Å². The molecule has 0 aliphatic heterocycles. The third kappa shape index (κ3) is 5.98. The van der Waals surface area contributed by atoms with Crippen molar-refractivity contribution in [2.45, 2.75) is 19.3 Å². The Morgan fingerprint density at radius 3 is 2.61 bits per heavy atom. The van der Waals surface area contributed by atoms with E-state index in [0.29, 0.717) is 17.3 Å². The van der Waals surface area contributed by atoms with Crippen LogP contribution in [0.3, 0.4) is 0 Å². The number of aromatic nitrogens is 3. The second-order valence-corrected chi connectivity index (χ2v) is 6.65. The number of amides is 1. The topological polar surface area (TPSA) is 98.1 Å². The van der Waals surface area contributed by atoms with Crippen molar-refractivity contribution in [2.24, 2.45) is 0 Å². The number of ether oxygens (including phenoxy) is 1. The van der Waals surface area contributed by atoms with Gasteiger partial charge in [-0.15, -0.1) is 18.3 Å². The highest BCUT2D eigenvalue weighted by atomic mass is 32.1. The highest BCUT2D eigenvalue weighted by Gasteiger charge is 2.32. The molecule has 0 atom stereocenters. The molecule has 0 radical (unpaired) electrons. The molecule has 1 aromatic heterocycles. The largest absolute Gasteiger partial charge is 0.573 e. The average Bonchev–Trinajstić information content (AvgIpc) is 2.72. The third-order valence-corrected chi connectivity index (χ3v) is 4.29. The smallest absolute Gasteiger partial charge is 0.405 e. The van der Waals surface area contributed by atoms with Crippen LogP contribution in [0, 0.1) is 0 Å². The van der Waals surface area contributed by atoms with Gasteiger partial charge in [-0.05, 0) is 42.9 Å². The summed E-state index contributed by atoms with van der Waals surface area (Å²) in [5, 5.41) is 13.3. The number of carbonyl (C=O) groups is 1. The number of para-hydroxylation sites is 1. The van der Waals surface area contributed by atoms with Crippen molar-refractivity contribution in [1.29, 1.82) is 0 Å². The summed E-state index contributed by atoms with van der Waals surface area (Å²) < 4.78 is 42.5. The maximum Gasteiger partial charge on any atom is 0.573 e. The highest BCUT2D eigenvalue weighted by molar-refractivity contribution is 7.80. The minimum absolute atomic E-state index is 0.0799. The van der Waals surface area contributed by atoms with E-state index in [4.69, 9.17) is 12.2 Å². The minimum atomic E-state index is -4.93. The van der Waals surface area contributed by atoms with E-state index in [2.05, 4.69) is 25.7 Å². The molecule has 0 aliphatic carbocycles. The number of benzene rings is 2. The van der Waals surface area contributed by atoms with Crippen LogP contribution in [-0.2, 0) is 6.54 Å². The number of nitrogens with zero attached hydrogens (tertiary/aromatic N) is 3. The molecule has 162 valence electrons. The first-order valence-electron chi connectivity index (χ1n) is 9.01. The van der Waals surface area contributed by atoms with Gasteiger partial charge in [-0.2, -0.15) is 0 Å². The highest BCUT2D eigenvalue weighted by Crippen LogP contribution is 2.26. The van der Waals surface area contributed by atoms with Gasteiger partial charge >= 0.3 is 6.36 Å². The average molecular weight is 451 g/mol. The summed E-state index contributed by atoms with van der Waals surface area (Å²) in [6.45, 7) is 0.531. The molecule has 0 bridgehead atoms. The molecule has 1 amide bonds. The first-order valence-corrected chi connectivity index (χ1v) is 9.42. The van der Waals surface area contributed by atoms with E-state index in [-0.39, 0.29) is 29.3 Å². The predicted molar refractivity (Wildman–Crippen MR) is 110 cm³/mol. The summed E-state index contributed by atoms with van der Waals surface area (Å²) in [6.07, 6.45) is -4.50. The van der Waals surface area contributed by atoms with Gasteiger partial charge in [0.25, 0.3) is 11.5 Å². The zero-order chi connectivity index (χ0) is 22.4. The number of aryl methyl sites for hydroxylation is 1. The standard InChI is InChI=1S/C19H16F3N5O3S/c20-19(21,22)30-15-9-4-2-7-13(15)16(28)24-18(31)23-10-5-11-27-17(29)12-6-1-3-8-14(12)25-26-27/h1-4,6-9H,5,10-11H2,(H2,23,24,28,31). The van der Waals surface area contributed by atoms with Crippen LogP contribution in [0.25, 0.3) is 10.9 Å². The van der Waals surface area contributed by atoms with Crippen molar-refractivity contribution in [3.05, 3.63) is 64.4 Å². The fraction of sp³-hybridized carbons (Fsp3) is 0.211. The second-order valence-electron chi connectivity index (χ2n) is 6.24. The molecule has 1 heterocycles. The monoisotopic (exact) mass is 451 g/mol. The number of fused-ring (bicyclic) bond motifs is 1. The molecule has 8 nitrogen and oxygen atoms in total. The van der Waals surface area contributed by atoms with Gasteiger partial charge in [0, 0.05) is 13.1 Å². The van der Waals surface area contributed by atoms with Crippen molar-refractivity contribution < 1.29 is 22.7 Å². The first-order chi connectivity index (χ1) is 14.7. The Morgan fingerprint density at radius 2 is 1.84 bits per heavy atom. The summed E-state index contributed by atoms with van der Waals surface area (Å²) >= 11 is 5.00. The maximum atomic E-state index is 12.5. The molecule has 3 rings (SSSR count). The minimum Gasteiger partial charge on any atom is -0.405 e. The molecule has 0 saturated heterocycles. The Kier molecular flexibility index (Phi) is 6.80. The number of alkyl halides is 3. The second kappa shape index (κ2) is 9.51. The summed E-state index contributed by atoms with van der Waals surface area (Å²) in [5.74, 6) is -1.49. The van der Waals surface area contributed by atoms with E-state index in [1.165, 1.54) is 22.9 Å². The van der Waals surface area contributed by atoms with Crippen LogP contribution in [-0.4, -0.2) is 38.9 Å². The van der Waals surface area contributed by atoms with E-state index >= 15 is 0 Å². The lowest BCUT2D eigenvalue weighted by Crippen LogP contribution is -2.40. The molecule has 12 heteroatoms. The Balaban J connectivity index is 1.52. The van der Waals surface area contributed by atoms with Crippen molar-refractivity contribution in [3.63, 3.8) is 0 Å². The molecule has 0 aliphatic rings. The normalized spacial score (nSPS) is 11.2. The summed E-state index contributed by atoms with van der Waals surface area (Å²) in [6, 6.07) is 11.8. The number of nitrogens with one attached hydrogen (secondary N) is 2. The number of halogens is 3. The molecule has 0 saturated carbocycles. The van der Waals surface area contributed by atoms with Crippen LogP contribution in [0.5, 0.6) is 5.75 Å². The zero-order valence-corrected chi connectivity index (χ0v) is 16.7. The SMILES string of the molecule is O=C(NC(=S)NCCCn1nnc2ccccc2c1=O)c1ccccc1OC(F)(F)F. The lowest BCUT2D eigenvalue weighted by atomic mass is 10.2. The molecular weight excluding hydrogens is 435 g/mol. The molecular formula is C19H16F3N5O3S. The predicted octanol–water partition coefficient (Wildman–Crippen LogP) is 2.38. The van der Waals surface area contributed by atoms with Gasteiger partial charge in [-0.3, -0.25) is 14.9 Å². The van der Waals surface area contributed by atoms with Crippen molar-refractivity contribution in [3.8, 4) is 5.75 Å². The number of rotatable bonds is 6. The zero-order valence-electron chi connectivity index (χ0n) is 15.8. The molecule has 0 unspecified atom stereocenters. The van der Waals surface area contributed by atoms with Crippen LogP contribution >= 0.6 is 12.2 Å². The number of hydrogen-bond acceptors (Lipinski definition) is 6. The summed E-state index contributed by atoms with van der Waals surface area (Å²) in [7, 11) is 0. The molecule has 3 aromatic rings. The van der Waals surface area contributed by atoms with Crippen molar-refractivity contribution in [2.75, 3.05) is 6.54 Å². The van der Waals surface area contributed by atoms with Crippen molar-refractivity contribution >= 4 is 34.1 Å². The Morgan fingerprint density at radius 1 is 1.13 bits per heavy atom. The van der Waals surface area contributed by atoms with Gasteiger partial charge in [0.1, 0.15) is 11.3 Å². The van der Waals surface area contributed by atoms with Gasteiger partial charge < -0.3 is 10.1 Å². The number of hydrogen-bond donors (Lipinski definition) is 2. The lowest BCUT2D eigenvalue weighted by Gasteiger charge is -2.14. The number of thiocarbonyl (C=S) groups is 1. The van der Waals surface area contributed by atoms with Crippen molar-refractivity contribution in [1.82, 2.24) is 25.6 Å². The van der Waals surface area contributed by atoms with Crippen LogP contribution < -0.4 is 20.9 Å². The summed E-state index contributed by atoms with van der Waals surface area (Å²) in [5.41, 5.74) is -0.0923.